The SMILES string of the molecule is CCN1CC2C(C1)C2c1cc(F)ccc1S(=O)Nc1ccc2c(c1C(=O)OC)OC[C@H]1CC21. The lowest BCUT2D eigenvalue weighted by Gasteiger charge is -2.22. The highest BCUT2D eigenvalue weighted by molar-refractivity contribution is 7.86. The highest BCUT2D eigenvalue weighted by atomic mass is 32.2. The van der Waals surface area contributed by atoms with Crippen molar-refractivity contribution < 1.29 is 22.9 Å². The van der Waals surface area contributed by atoms with Gasteiger partial charge in [-0.2, -0.15) is 0 Å². The van der Waals surface area contributed by atoms with Crippen molar-refractivity contribution in [3.05, 3.63) is 52.8 Å². The van der Waals surface area contributed by atoms with E-state index in [4.69, 9.17) is 9.47 Å². The fourth-order valence-corrected chi connectivity index (χ4v) is 6.96. The average molecular weight is 471 g/mol. The number of likely N-dealkylation sites (tertiary alicyclic amines) is 1. The molecule has 8 heteroatoms. The summed E-state index contributed by atoms with van der Waals surface area (Å²) in [5.74, 6) is 1.80. The van der Waals surface area contributed by atoms with Crippen LogP contribution in [0.15, 0.2) is 35.2 Å². The maximum absolute atomic E-state index is 14.2. The summed E-state index contributed by atoms with van der Waals surface area (Å²) in [6, 6.07) is 8.20. The molecule has 3 fully saturated rings. The van der Waals surface area contributed by atoms with E-state index in [0.717, 1.165) is 37.2 Å². The van der Waals surface area contributed by atoms with Crippen LogP contribution in [0, 0.1) is 23.6 Å². The summed E-state index contributed by atoms with van der Waals surface area (Å²) in [5, 5.41) is 0. The Morgan fingerprint density at radius 1 is 1.24 bits per heavy atom. The second-order valence-electron chi connectivity index (χ2n) is 9.57. The normalized spacial score (nSPS) is 29.8. The molecule has 4 aliphatic rings. The minimum Gasteiger partial charge on any atom is -0.492 e. The molecule has 6 nitrogen and oxygen atoms in total. The van der Waals surface area contributed by atoms with Crippen LogP contribution in [0.3, 0.4) is 0 Å². The van der Waals surface area contributed by atoms with Crippen LogP contribution in [-0.2, 0) is 15.7 Å². The Labute approximate surface area is 195 Å². The van der Waals surface area contributed by atoms with Crippen LogP contribution >= 0.6 is 0 Å². The van der Waals surface area contributed by atoms with Gasteiger partial charge in [0.15, 0.2) is 11.0 Å². The minimum atomic E-state index is -1.67. The molecular formula is C25H27FN2O4S. The summed E-state index contributed by atoms with van der Waals surface area (Å²) >= 11 is 0. The molecule has 33 heavy (non-hydrogen) atoms. The van der Waals surface area contributed by atoms with Crippen molar-refractivity contribution in [2.24, 2.45) is 17.8 Å². The maximum Gasteiger partial charge on any atom is 0.343 e. The molecule has 4 unspecified atom stereocenters. The second-order valence-corrected chi connectivity index (χ2v) is 10.8. The van der Waals surface area contributed by atoms with Crippen molar-refractivity contribution in [1.29, 1.82) is 0 Å². The molecule has 2 heterocycles. The summed E-state index contributed by atoms with van der Waals surface area (Å²) in [7, 11) is -0.347. The predicted molar refractivity (Wildman–Crippen MR) is 122 cm³/mol. The van der Waals surface area contributed by atoms with Crippen molar-refractivity contribution in [2.45, 2.75) is 30.1 Å². The van der Waals surface area contributed by atoms with Crippen LogP contribution in [0.1, 0.15) is 46.7 Å². The van der Waals surface area contributed by atoms with Crippen molar-refractivity contribution in [1.82, 2.24) is 4.90 Å². The highest BCUT2D eigenvalue weighted by Gasteiger charge is 2.56. The number of nitrogens with zero attached hydrogens (tertiary/aromatic N) is 1. The fraction of sp³-hybridized carbons (Fsp3) is 0.480. The van der Waals surface area contributed by atoms with E-state index in [2.05, 4.69) is 16.5 Å². The van der Waals surface area contributed by atoms with Gasteiger partial charge in [0, 0.05) is 19.0 Å². The van der Waals surface area contributed by atoms with Crippen LogP contribution in [0.4, 0.5) is 10.1 Å². The number of esters is 1. The highest BCUT2D eigenvalue weighted by Crippen LogP contribution is 2.59. The van der Waals surface area contributed by atoms with E-state index in [1.807, 2.05) is 6.07 Å². The Hall–Kier alpha value is -2.45. The number of carbonyl (C=O) groups excluding carboxylic acids is 1. The molecule has 174 valence electrons. The van der Waals surface area contributed by atoms with E-state index in [-0.39, 0.29) is 17.3 Å². The summed E-state index contributed by atoms with van der Waals surface area (Å²) in [6.45, 7) is 5.74. The van der Waals surface area contributed by atoms with E-state index >= 15 is 0 Å². The lowest BCUT2D eigenvalue weighted by atomic mass is 10.0. The Morgan fingerprint density at radius 3 is 2.76 bits per heavy atom. The number of halogens is 1. The number of fused-ring (bicyclic) bond motifs is 4. The van der Waals surface area contributed by atoms with Gasteiger partial charge in [-0.1, -0.05) is 13.0 Å². The van der Waals surface area contributed by atoms with E-state index in [9.17, 15) is 13.4 Å². The van der Waals surface area contributed by atoms with E-state index in [0.29, 0.717) is 46.6 Å². The first-order chi connectivity index (χ1) is 16.0. The number of methoxy groups -OCH3 is 1. The zero-order valence-corrected chi connectivity index (χ0v) is 19.5. The van der Waals surface area contributed by atoms with E-state index in [1.54, 1.807) is 12.1 Å². The molecule has 2 aliphatic heterocycles. The summed E-state index contributed by atoms with van der Waals surface area (Å²) < 4.78 is 41.6. The quantitative estimate of drug-likeness (QED) is 0.649. The third-order valence-corrected chi connectivity index (χ3v) is 8.97. The van der Waals surface area contributed by atoms with Gasteiger partial charge in [0.2, 0.25) is 0 Å². The summed E-state index contributed by atoms with van der Waals surface area (Å²) in [5.41, 5.74) is 2.50. The third-order valence-electron chi connectivity index (χ3n) is 7.79. The topological polar surface area (TPSA) is 67.9 Å². The van der Waals surface area contributed by atoms with Gasteiger partial charge in [0.25, 0.3) is 0 Å². The van der Waals surface area contributed by atoms with Gasteiger partial charge in [0.1, 0.15) is 17.1 Å². The molecule has 0 spiro atoms. The van der Waals surface area contributed by atoms with Gasteiger partial charge in [-0.15, -0.1) is 0 Å². The zero-order valence-electron chi connectivity index (χ0n) is 18.7. The first-order valence-corrected chi connectivity index (χ1v) is 12.7. The molecule has 2 aromatic carbocycles. The number of ether oxygens (including phenoxy) is 2. The molecule has 5 atom stereocenters. The molecule has 1 saturated heterocycles. The standard InChI is InChI=1S/C25H27FN2O4S/c1-3-28-10-18-19(11-28)22(18)17-9-14(26)4-7-21(17)33(30)27-20-6-5-15-16-8-13(16)12-32-24(15)23(20)25(29)31-2/h4-7,9,13,16,18-19,22,27H,3,8,10-12H2,1-2H3/t13-,16?,18?,19?,22?,33?/m1/s1. The Balaban J connectivity index is 1.31. The van der Waals surface area contributed by atoms with Gasteiger partial charge in [-0.3, -0.25) is 0 Å². The first kappa shape index (κ1) is 21.1. The number of carbonyl (C=O) groups is 1. The molecule has 0 radical (unpaired) electrons. The van der Waals surface area contributed by atoms with Crippen LogP contribution in [-0.4, -0.2) is 48.4 Å². The third kappa shape index (κ3) is 3.46. The molecule has 2 aromatic rings. The monoisotopic (exact) mass is 470 g/mol. The molecule has 0 bridgehead atoms. The van der Waals surface area contributed by atoms with Crippen LogP contribution in [0.2, 0.25) is 0 Å². The predicted octanol–water partition coefficient (Wildman–Crippen LogP) is 3.91. The lowest BCUT2D eigenvalue weighted by molar-refractivity contribution is 0.0596. The number of piperidine rings is 1. The fourth-order valence-electron chi connectivity index (χ4n) is 5.88. The molecule has 0 aromatic heterocycles. The van der Waals surface area contributed by atoms with Crippen LogP contribution in [0.5, 0.6) is 5.75 Å². The van der Waals surface area contributed by atoms with E-state index < -0.39 is 17.0 Å². The van der Waals surface area contributed by atoms with Crippen molar-refractivity contribution >= 4 is 22.6 Å². The minimum absolute atomic E-state index is 0.225. The number of nitrogens with one attached hydrogen (secondary N) is 1. The van der Waals surface area contributed by atoms with Crippen LogP contribution < -0.4 is 9.46 Å². The van der Waals surface area contributed by atoms with Crippen LogP contribution in [0.25, 0.3) is 0 Å². The molecule has 6 rings (SSSR count). The number of hydrogen-bond acceptors (Lipinski definition) is 5. The Kier molecular flexibility index (Phi) is 4.99. The van der Waals surface area contributed by atoms with Gasteiger partial charge in [-0.05, 0) is 72.0 Å². The van der Waals surface area contributed by atoms with E-state index in [1.165, 1.54) is 19.2 Å². The summed E-state index contributed by atoms with van der Waals surface area (Å²) in [6.07, 6.45) is 1.06. The smallest absolute Gasteiger partial charge is 0.343 e. The molecule has 2 saturated carbocycles. The number of rotatable bonds is 6. The Bertz CT molecular complexity index is 1160. The zero-order chi connectivity index (χ0) is 22.9. The first-order valence-electron chi connectivity index (χ1n) is 11.6. The molecule has 2 aliphatic carbocycles. The number of anilines is 1. The van der Waals surface area contributed by atoms with Gasteiger partial charge < -0.3 is 19.1 Å². The maximum atomic E-state index is 14.2. The van der Waals surface area contributed by atoms with Gasteiger partial charge >= 0.3 is 5.97 Å². The van der Waals surface area contributed by atoms with Gasteiger partial charge in [0.05, 0.1) is 24.3 Å². The summed E-state index contributed by atoms with van der Waals surface area (Å²) in [4.78, 5) is 15.6. The van der Waals surface area contributed by atoms with Gasteiger partial charge in [-0.25, -0.2) is 13.4 Å². The molecule has 1 N–H and O–H groups in total. The lowest BCUT2D eigenvalue weighted by Crippen LogP contribution is -2.24. The van der Waals surface area contributed by atoms with Crippen molar-refractivity contribution in [3.63, 3.8) is 0 Å². The second kappa shape index (κ2) is 7.81. The largest absolute Gasteiger partial charge is 0.492 e. The number of benzene rings is 2. The van der Waals surface area contributed by atoms with Crippen molar-refractivity contribution in [2.75, 3.05) is 38.1 Å². The molecular weight excluding hydrogens is 443 g/mol. The van der Waals surface area contributed by atoms with Crippen molar-refractivity contribution in [3.8, 4) is 5.75 Å². The average Bonchev–Trinajstić information content (AvgIpc) is 3.71. The number of hydrogen-bond donors (Lipinski definition) is 1. The molecule has 0 amide bonds. The Morgan fingerprint density at radius 2 is 2.03 bits per heavy atom.